The number of para-hydroxylation sites is 1. The number of benzene rings is 1. The van der Waals surface area contributed by atoms with Crippen LogP contribution in [0.4, 0.5) is 15.2 Å². The number of carbonyl (C=O) groups excluding carboxylic acids is 2. The maximum atomic E-state index is 13.7. The van der Waals surface area contributed by atoms with Gasteiger partial charge in [-0.25, -0.2) is 4.39 Å². The van der Waals surface area contributed by atoms with Crippen molar-refractivity contribution in [3.63, 3.8) is 0 Å². The van der Waals surface area contributed by atoms with Crippen molar-refractivity contribution < 1.29 is 14.0 Å². The Labute approximate surface area is 123 Å². The smallest absolute Gasteiger partial charge is 0.231 e. The molecular weight excluding hydrogens is 295 g/mol. The summed E-state index contributed by atoms with van der Waals surface area (Å²) in [7, 11) is 0. The van der Waals surface area contributed by atoms with Gasteiger partial charge in [-0.2, -0.15) is 0 Å². The summed E-state index contributed by atoms with van der Waals surface area (Å²) in [5.41, 5.74) is 1.70. The number of carbonyl (C=O) groups is 2. The van der Waals surface area contributed by atoms with Gasteiger partial charge in [0.15, 0.2) is 0 Å². The second kappa shape index (κ2) is 5.57. The molecule has 0 saturated carbocycles. The Bertz CT molecular complexity index is 677. The number of nitrogens with one attached hydrogen (secondary N) is 1. The van der Waals surface area contributed by atoms with Gasteiger partial charge in [-0.3, -0.25) is 9.59 Å². The van der Waals surface area contributed by atoms with Gasteiger partial charge in [0.25, 0.3) is 0 Å². The van der Waals surface area contributed by atoms with Crippen molar-refractivity contribution in [1.29, 1.82) is 0 Å². The normalized spacial score (nSPS) is 18.0. The summed E-state index contributed by atoms with van der Waals surface area (Å²) in [5, 5.41) is 10.3. The minimum absolute atomic E-state index is 0.0545. The highest BCUT2D eigenvalue weighted by molar-refractivity contribution is 7.13. The van der Waals surface area contributed by atoms with Crippen molar-refractivity contribution in [3.8, 4) is 0 Å². The van der Waals surface area contributed by atoms with Gasteiger partial charge in [0.05, 0.1) is 11.6 Å². The van der Waals surface area contributed by atoms with E-state index in [4.69, 9.17) is 0 Å². The van der Waals surface area contributed by atoms with E-state index in [0.717, 1.165) is 0 Å². The molecule has 8 heteroatoms. The molecule has 0 bridgehead atoms. The molecular formula is C13H11FN4O2S. The maximum Gasteiger partial charge on any atom is 0.231 e. The molecule has 1 aliphatic rings. The average molecular weight is 306 g/mol. The van der Waals surface area contributed by atoms with Gasteiger partial charge < -0.3 is 10.2 Å². The summed E-state index contributed by atoms with van der Waals surface area (Å²) < 4.78 is 13.7. The highest BCUT2D eigenvalue weighted by atomic mass is 32.1. The minimum Gasteiger partial charge on any atom is -0.309 e. The Hall–Kier alpha value is -2.35. The molecule has 1 aromatic heterocycles. The van der Waals surface area contributed by atoms with Gasteiger partial charge >= 0.3 is 0 Å². The molecule has 1 N–H and O–H groups in total. The van der Waals surface area contributed by atoms with E-state index >= 15 is 0 Å². The van der Waals surface area contributed by atoms with Gasteiger partial charge in [0, 0.05) is 13.0 Å². The summed E-state index contributed by atoms with van der Waals surface area (Å²) in [4.78, 5) is 25.4. The predicted octanol–water partition coefficient (Wildman–Crippen LogP) is 1.67. The lowest BCUT2D eigenvalue weighted by atomic mass is 10.1. The van der Waals surface area contributed by atoms with Crippen LogP contribution < -0.4 is 10.2 Å². The van der Waals surface area contributed by atoms with Gasteiger partial charge in [0.2, 0.25) is 16.9 Å². The zero-order valence-electron chi connectivity index (χ0n) is 10.8. The molecule has 6 nitrogen and oxygen atoms in total. The third-order valence-corrected chi connectivity index (χ3v) is 3.84. The molecule has 1 aliphatic heterocycles. The first-order chi connectivity index (χ1) is 10.1. The van der Waals surface area contributed by atoms with Gasteiger partial charge in [-0.05, 0) is 12.1 Å². The minimum atomic E-state index is -0.527. The molecule has 2 heterocycles. The quantitative estimate of drug-likeness (QED) is 0.936. The van der Waals surface area contributed by atoms with Crippen LogP contribution in [0.25, 0.3) is 0 Å². The molecule has 1 saturated heterocycles. The Balaban J connectivity index is 1.73. The monoisotopic (exact) mass is 306 g/mol. The van der Waals surface area contributed by atoms with E-state index in [0.29, 0.717) is 5.13 Å². The zero-order valence-corrected chi connectivity index (χ0v) is 11.6. The fraction of sp³-hybridized carbons (Fsp3) is 0.231. The Morgan fingerprint density at radius 3 is 2.95 bits per heavy atom. The molecule has 0 unspecified atom stereocenters. The summed E-state index contributed by atoms with van der Waals surface area (Å²) in [6.07, 6.45) is 0.0545. The lowest BCUT2D eigenvalue weighted by molar-refractivity contribution is -0.122. The molecule has 1 atom stereocenters. The predicted molar refractivity (Wildman–Crippen MR) is 75.4 cm³/mol. The first kappa shape index (κ1) is 13.6. The second-order valence-electron chi connectivity index (χ2n) is 4.59. The lowest BCUT2D eigenvalue weighted by Gasteiger charge is -2.17. The van der Waals surface area contributed by atoms with Crippen LogP contribution in [-0.4, -0.2) is 28.6 Å². The van der Waals surface area contributed by atoms with Crippen LogP contribution in [0, 0.1) is 11.7 Å². The fourth-order valence-electron chi connectivity index (χ4n) is 2.22. The van der Waals surface area contributed by atoms with Crippen LogP contribution in [-0.2, 0) is 9.59 Å². The zero-order chi connectivity index (χ0) is 14.8. The van der Waals surface area contributed by atoms with Gasteiger partial charge in [-0.1, -0.05) is 23.5 Å². The van der Waals surface area contributed by atoms with Crippen molar-refractivity contribution in [2.24, 2.45) is 5.92 Å². The summed E-state index contributed by atoms with van der Waals surface area (Å²) >= 11 is 1.20. The Morgan fingerprint density at radius 1 is 1.43 bits per heavy atom. The van der Waals surface area contributed by atoms with E-state index in [1.165, 1.54) is 33.9 Å². The first-order valence-corrected chi connectivity index (χ1v) is 7.15. The van der Waals surface area contributed by atoms with E-state index in [1.807, 2.05) is 0 Å². The SMILES string of the molecule is O=C(Nc1nncs1)[C@@H]1CC(=O)N(c2ccccc2F)C1. The van der Waals surface area contributed by atoms with E-state index in [2.05, 4.69) is 15.5 Å². The lowest BCUT2D eigenvalue weighted by Crippen LogP contribution is -2.28. The van der Waals surface area contributed by atoms with E-state index in [1.54, 1.807) is 12.1 Å². The largest absolute Gasteiger partial charge is 0.309 e. The van der Waals surface area contributed by atoms with Crippen LogP contribution in [0.1, 0.15) is 6.42 Å². The highest BCUT2D eigenvalue weighted by Gasteiger charge is 2.36. The summed E-state index contributed by atoms with van der Waals surface area (Å²) in [5.74, 6) is -1.58. The third kappa shape index (κ3) is 2.75. The Kier molecular flexibility index (Phi) is 3.61. The number of hydrogen-bond acceptors (Lipinski definition) is 5. The molecule has 1 fully saturated rings. The number of rotatable bonds is 3. The molecule has 3 rings (SSSR count). The molecule has 21 heavy (non-hydrogen) atoms. The topological polar surface area (TPSA) is 75.2 Å². The second-order valence-corrected chi connectivity index (χ2v) is 5.42. The van der Waals surface area contributed by atoms with Crippen molar-refractivity contribution in [2.75, 3.05) is 16.8 Å². The number of halogens is 1. The summed E-state index contributed by atoms with van der Waals surface area (Å²) in [6, 6.07) is 6.02. The number of aromatic nitrogens is 2. The molecule has 2 aromatic rings. The van der Waals surface area contributed by atoms with Gasteiger partial charge in [0.1, 0.15) is 11.3 Å². The van der Waals surface area contributed by atoms with Crippen LogP contribution in [0.5, 0.6) is 0 Å². The number of hydrogen-bond donors (Lipinski definition) is 1. The average Bonchev–Trinajstić information content (AvgIpc) is 3.09. The van der Waals surface area contributed by atoms with Gasteiger partial charge in [-0.15, -0.1) is 10.2 Å². The Morgan fingerprint density at radius 2 is 2.24 bits per heavy atom. The van der Waals surface area contributed by atoms with Crippen LogP contribution in [0.2, 0.25) is 0 Å². The molecule has 0 spiro atoms. The number of nitrogens with zero attached hydrogens (tertiary/aromatic N) is 3. The van der Waals surface area contributed by atoms with Crippen LogP contribution >= 0.6 is 11.3 Å². The standard InChI is InChI=1S/C13H11FN4O2S/c14-9-3-1-2-4-10(9)18-6-8(5-11(18)19)12(20)16-13-17-15-7-21-13/h1-4,7-8H,5-6H2,(H,16,17,20)/t8-/m1/s1. The maximum absolute atomic E-state index is 13.7. The number of amides is 2. The fourth-order valence-corrected chi connectivity index (χ4v) is 2.67. The van der Waals surface area contributed by atoms with Crippen molar-refractivity contribution in [2.45, 2.75) is 6.42 Å². The van der Waals surface area contributed by atoms with Crippen molar-refractivity contribution in [3.05, 3.63) is 35.6 Å². The first-order valence-electron chi connectivity index (χ1n) is 6.27. The molecule has 2 amide bonds. The highest BCUT2D eigenvalue weighted by Crippen LogP contribution is 2.28. The molecule has 0 radical (unpaired) electrons. The number of anilines is 2. The van der Waals surface area contributed by atoms with Crippen LogP contribution in [0.15, 0.2) is 29.8 Å². The van der Waals surface area contributed by atoms with Crippen molar-refractivity contribution >= 4 is 34.0 Å². The summed E-state index contributed by atoms with van der Waals surface area (Å²) in [6.45, 7) is 0.157. The molecule has 1 aromatic carbocycles. The van der Waals surface area contributed by atoms with Crippen molar-refractivity contribution in [1.82, 2.24) is 10.2 Å². The third-order valence-electron chi connectivity index (χ3n) is 3.23. The molecule has 0 aliphatic carbocycles. The van der Waals surface area contributed by atoms with E-state index < -0.39 is 11.7 Å². The van der Waals surface area contributed by atoms with Crippen LogP contribution in [0.3, 0.4) is 0 Å². The molecule has 108 valence electrons. The van der Waals surface area contributed by atoms with E-state index in [9.17, 15) is 14.0 Å². The van der Waals surface area contributed by atoms with E-state index in [-0.39, 0.29) is 30.5 Å².